The normalized spacial score (nSPS) is 16.6. The molecule has 0 spiro atoms. The van der Waals surface area contributed by atoms with Crippen molar-refractivity contribution in [3.8, 4) is 0 Å². The lowest BCUT2D eigenvalue weighted by molar-refractivity contribution is 0.865. The van der Waals surface area contributed by atoms with Gasteiger partial charge < -0.3 is 0 Å². The van der Waals surface area contributed by atoms with Crippen LogP contribution in [-0.2, 0) is 0 Å². The Kier molecular flexibility index (Phi) is 1.15. The van der Waals surface area contributed by atoms with E-state index in [-0.39, 0.29) is 5.69 Å². The minimum Gasteiger partial charge on any atom is -0.244 e. The molecular formula is C8H8N4O. The molecule has 1 N–H and O–H groups in total. The number of fused-ring (bicyclic) bond motifs is 1. The first-order valence-electron chi connectivity index (χ1n) is 4.28. The zero-order valence-electron chi connectivity index (χ0n) is 6.90. The zero-order valence-corrected chi connectivity index (χ0v) is 6.90. The van der Waals surface area contributed by atoms with Crippen LogP contribution in [0.1, 0.15) is 24.3 Å². The third-order valence-electron chi connectivity index (χ3n) is 2.34. The van der Waals surface area contributed by atoms with Crippen molar-refractivity contribution in [2.75, 3.05) is 0 Å². The second kappa shape index (κ2) is 2.18. The first kappa shape index (κ1) is 6.82. The number of rotatable bonds is 1. The molecule has 1 fully saturated rings. The molecule has 3 rings (SSSR count). The smallest absolute Gasteiger partial charge is 0.244 e. The molecule has 0 aromatic carbocycles. The highest BCUT2D eigenvalue weighted by atomic mass is 16.2. The molecule has 5 nitrogen and oxygen atoms in total. The number of hydrogen-bond donors (Lipinski definition) is 1. The Balaban J connectivity index is 2.27. The van der Waals surface area contributed by atoms with E-state index in [0.717, 1.165) is 0 Å². The van der Waals surface area contributed by atoms with Crippen molar-refractivity contribution in [3.63, 3.8) is 0 Å². The average Bonchev–Trinajstić information content (AvgIpc) is 2.93. The van der Waals surface area contributed by atoms with Crippen LogP contribution in [0.15, 0.2) is 17.1 Å². The lowest BCUT2D eigenvalue weighted by Crippen LogP contribution is -2.11. The van der Waals surface area contributed by atoms with Gasteiger partial charge in [-0.15, -0.1) is 0 Å². The molecule has 0 amide bonds. The van der Waals surface area contributed by atoms with Gasteiger partial charge in [0.2, 0.25) is 0 Å². The standard InChI is InChI=1S/C8H8N4O/c13-8-11-10-7-3-6(5-1-2-5)4-9-12(7)8/h3-5H,1-2H2,(H,11,13). The number of hydrogen-bond acceptors (Lipinski definition) is 3. The fourth-order valence-corrected chi connectivity index (χ4v) is 1.46. The molecule has 0 saturated heterocycles. The van der Waals surface area contributed by atoms with E-state index in [0.29, 0.717) is 11.6 Å². The summed E-state index contributed by atoms with van der Waals surface area (Å²) in [5.74, 6) is 0.643. The second-order valence-corrected chi connectivity index (χ2v) is 3.36. The summed E-state index contributed by atoms with van der Waals surface area (Å²) >= 11 is 0. The maximum absolute atomic E-state index is 11.1. The first-order chi connectivity index (χ1) is 6.34. The summed E-state index contributed by atoms with van der Waals surface area (Å²) in [7, 11) is 0. The molecule has 2 aromatic rings. The minimum absolute atomic E-state index is 0.280. The van der Waals surface area contributed by atoms with E-state index < -0.39 is 0 Å². The number of aromatic nitrogens is 4. The molecule has 66 valence electrons. The van der Waals surface area contributed by atoms with Crippen molar-refractivity contribution in [1.29, 1.82) is 0 Å². The molecule has 2 aromatic heterocycles. The van der Waals surface area contributed by atoms with Gasteiger partial charge in [-0.2, -0.15) is 14.7 Å². The van der Waals surface area contributed by atoms with Crippen molar-refractivity contribution in [3.05, 3.63) is 28.3 Å². The van der Waals surface area contributed by atoms with Crippen LogP contribution in [0, 0.1) is 0 Å². The minimum atomic E-state index is -0.280. The van der Waals surface area contributed by atoms with Crippen LogP contribution < -0.4 is 5.69 Å². The predicted octanol–water partition coefficient (Wildman–Crippen LogP) is 0.295. The van der Waals surface area contributed by atoms with Gasteiger partial charge >= 0.3 is 5.69 Å². The van der Waals surface area contributed by atoms with Gasteiger partial charge in [0.15, 0.2) is 5.65 Å². The highest BCUT2D eigenvalue weighted by Crippen LogP contribution is 2.39. The Morgan fingerprint density at radius 2 is 2.38 bits per heavy atom. The van der Waals surface area contributed by atoms with Gasteiger partial charge in [0.1, 0.15) is 0 Å². The first-order valence-corrected chi connectivity index (χ1v) is 4.28. The van der Waals surface area contributed by atoms with Crippen LogP contribution >= 0.6 is 0 Å². The fraction of sp³-hybridized carbons (Fsp3) is 0.375. The highest BCUT2D eigenvalue weighted by Gasteiger charge is 2.24. The van der Waals surface area contributed by atoms with Crippen LogP contribution in [0.3, 0.4) is 0 Å². The van der Waals surface area contributed by atoms with Crippen molar-refractivity contribution < 1.29 is 0 Å². The van der Waals surface area contributed by atoms with Gasteiger partial charge in [0, 0.05) is 0 Å². The van der Waals surface area contributed by atoms with E-state index in [2.05, 4.69) is 15.3 Å². The Morgan fingerprint density at radius 3 is 3.15 bits per heavy atom. The number of H-pyrrole nitrogens is 1. The summed E-state index contributed by atoms with van der Waals surface area (Å²) in [6, 6.07) is 1.92. The van der Waals surface area contributed by atoms with Gasteiger partial charge in [-0.05, 0) is 30.4 Å². The Hall–Kier alpha value is -1.65. The molecule has 0 aliphatic heterocycles. The summed E-state index contributed by atoms with van der Waals surface area (Å²) in [4.78, 5) is 11.1. The Bertz CT molecular complexity index is 508. The largest absolute Gasteiger partial charge is 0.364 e. The van der Waals surface area contributed by atoms with Crippen molar-refractivity contribution in [2.24, 2.45) is 0 Å². The Morgan fingerprint density at radius 1 is 1.54 bits per heavy atom. The van der Waals surface area contributed by atoms with E-state index in [1.165, 1.54) is 22.9 Å². The molecule has 1 aliphatic carbocycles. The molecule has 0 unspecified atom stereocenters. The van der Waals surface area contributed by atoms with E-state index in [4.69, 9.17) is 0 Å². The summed E-state index contributed by atoms with van der Waals surface area (Å²) in [6.45, 7) is 0. The lowest BCUT2D eigenvalue weighted by Gasteiger charge is -1.95. The molecule has 1 aliphatic rings. The van der Waals surface area contributed by atoms with Gasteiger partial charge in [-0.1, -0.05) is 0 Å². The zero-order chi connectivity index (χ0) is 8.84. The maximum Gasteiger partial charge on any atom is 0.364 e. The topological polar surface area (TPSA) is 63.0 Å². The lowest BCUT2D eigenvalue weighted by atomic mass is 10.2. The van der Waals surface area contributed by atoms with Crippen LogP contribution in [0.4, 0.5) is 0 Å². The monoisotopic (exact) mass is 176 g/mol. The second-order valence-electron chi connectivity index (χ2n) is 3.36. The Labute approximate surface area is 73.4 Å². The molecule has 13 heavy (non-hydrogen) atoms. The third-order valence-corrected chi connectivity index (χ3v) is 2.34. The molecule has 2 heterocycles. The van der Waals surface area contributed by atoms with E-state index in [9.17, 15) is 4.79 Å². The van der Waals surface area contributed by atoms with Crippen LogP contribution in [0.5, 0.6) is 0 Å². The predicted molar refractivity (Wildman–Crippen MR) is 45.6 cm³/mol. The van der Waals surface area contributed by atoms with E-state index in [1.807, 2.05) is 6.07 Å². The number of nitrogens with one attached hydrogen (secondary N) is 1. The van der Waals surface area contributed by atoms with E-state index in [1.54, 1.807) is 6.20 Å². The highest BCUT2D eigenvalue weighted by molar-refractivity contribution is 5.39. The molecule has 0 bridgehead atoms. The van der Waals surface area contributed by atoms with Gasteiger partial charge in [0.25, 0.3) is 0 Å². The maximum atomic E-state index is 11.1. The van der Waals surface area contributed by atoms with Crippen molar-refractivity contribution >= 4 is 5.65 Å². The third kappa shape index (κ3) is 0.965. The molecule has 0 atom stereocenters. The molecule has 0 radical (unpaired) electrons. The van der Waals surface area contributed by atoms with Crippen molar-refractivity contribution in [1.82, 2.24) is 19.8 Å². The van der Waals surface area contributed by atoms with Gasteiger partial charge in [-0.3, -0.25) is 0 Å². The molecule has 1 saturated carbocycles. The van der Waals surface area contributed by atoms with E-state index >= 15 is 0 Å². The number of nitrogens with zero attached hydrogens (tertiary/aromatic N) is 3. The average molecular weight is 176 g/mol. The summed E-state index contributed by atoms with van der Waals surface area (Å²) in [6.07, 6.45) is 4.21. The summed E-state index contributed by atoms with van der Waals surface area (Å²) < 4.78 is 1.27. The van der Waals surface area contributed by atoms with Gasteiger partial charge in [-0.25, -0.2) is 9.89 Å². The van der Waals surface area contributed by atoms with Crippen molar-refractivity contribution in [2.45, 2.75) is 18.8 Å². The SMILES string of the molecule is O=c1[nH]nc2cc(C3CC3)cnn12. The van der Waals surface area contributed by atoms with Crippen LogP contribution in [-0.4, -0.2) is 19.8 Å². The molecular weight excluding hydrogens is 168 g/mol. The quantitative estimate of drug-likeness (QED) is 0.679. The summed E-state index contributed by atoms with van der Waals surface area (Å²) in [5, 5.41) is 10.2. The van der Waals surface area contributed by atoms with Crippen LogP contribution in [0.2, 0.25) is 0 Å². The van der Waals surface area contributed by atoms with Gasteiger partial charge in [0.05, 0.1) is 6.20 Å². The number of aromatic amines is 1. The van der Waals surface area contributed by atoms with Crippen LogP contribution in [0.25, 0.3) is 5.65 Å². The molecule has 5 heteroatoms. The fourth-order valence-electron chi connectivity index (χ4n) is 1.46. The summed E-state index contributed by atoms with van der Waals surface area (Å²) in [5.41, 5.74) is 1.51.